The summed E-state index contributed by atoms with van der Waals surface area (Å²) >= 11 is 0. The first-order chi connectivity index (χ1) is 16.8. The minimum Gasteiger partial charge on any atom is -0.484 e. The average molecular weight is 488 g/mol. The number of nitrogens with zero attached hydrogens (tertiary/aromatic N) is 2. The van der Waals surface area contributed by atoms with Crippen LogP contribution in [0.2, 0.25) is 0 Å². The number of urea groups is 1. The summed E-state index contributed by atoms with van der Waals surface area (Å²) in [5, 5.41) is 17.5. The third-order valence-electron chi connectivity index (χ3n) is 6.17. The molecule has 9 nitrogen and oxygen atoms in total. The number of aliphatic carboxylic acids is 1. The van der Waals surface area contributed by atoms with E-state index in [1.165, 1.54) is 32.0 Å². The number of carboxylic acids is 1. The summed E-state index contributed by atoms with van der Waals surface area (Å²) in [6.07, 6.45) is 12.9. The van der Waals surface area contributed by atoms with Crippen LogP contribution in [0.5, 0.6) is 5.75 Å². The molecule has 2 aliphatic carbocycles. The maximum atomic E-state index is 13.3. The zero-order valence-electron chi connectivity index (χ0n) is 20.2. The number of carbonyl (C=O) groups is 2. The van der Waals surface area contributed by atoms with E-state index in [1.807, 2.05) is 12.2 Å². The molecule has 0 bridgehead atoms. The van der Waals surface area contributed by atoms with E-state index >= 15 is 0 Å². The largest absolute Gasteiger partial charge is 0.484 e. The van der Waals surface area contributed by atoms with Crippen LogP contribution in [-0.4, -0.2) is 47.2 Å². The van der Waals surface area contributed by atoms with E-state index in [0.717, 1.165) is 25.0 Å². The van der Waals surface area contributed by atoms with Crippen LogP contribution >= 0.6 is 0 Å². The molecule has 0 radical (unpaired) electrons. The predicted octanol–water partition coefficient (Wildman–Crippen LogP) is 3.60. The summed E-state index contributed by atoms with van der Waals surface area (Å²) in [4.78, 5) is 31.7. The van der Waals surface area contributed by atoms with Crippen LogP contribution in [0, 0.1) is 23.6 Å². The van der Waals surface area contributed by atoms with Crippen LogP contribution in [0.3, 0.4) is 0 Å². The summed E-state index contributed by atoms with van der Waals surface area (Å²) in [5.41, 5.74) is 0.640. The number of halogens is 1. The Bertz CT molecular complexity index is 972. The number of hydrogen-bond donors (Lipinski definition) is 4. The summed E-state index contributed by atoms with van der Waals surface area (Å²) in [7, 11) is 0. The van der Waals surface area contributed by atoms with E-state index in [0.29, 0.717) is 36.3 Å². The van der Waals surface area contributed by atoms with E-state index in [-0.39, 0.29) is 12.6 Å². The molecule has 0 spiro atoms. The van der Waals surface area contributed by atoms with Crippen molar-refractivity contribution in [2.45, 2.75) is 52.1 Å². The van der Waals surface area contributed by atoms with Crippen molar-refractivity contribution in [2.24, 2.45) is 22.7 Å². The van der Waals surface area contributed by atoms with Crippen molar-refractivity contribution in [3.05, 3.63) is 48.2 Å². The Morgan fingerprint density at radius 1 is 1.26 bits per heavy atom. The van der Waals surface area contributed by atoms with Gasteiger partial charge in [0, 0.05) is 25.6 Å². The lowest BCUT2D eigenvalue weighted by molar-refractivity contribution is -0.140. The number of ether oxygens (including phenoxy) is 1. The van der Waals surface area contributed by atoms with Gasteiger partial charge < -0.3 is 20.5 Å². The molecule has 1 saturated carbocycles. The second kappa shape index (κ2) is 12.9. The van der Waals surface area contributed by atoms with E-state index in [9.17, 15) is 14.0 Å². The minimum atomic E-state index is -0.980. The van der Waals surface area contributed by atoms with Crippen molar-refractivity contribution in [3.8, 4) is 5.75 Å². The van der Waals surface area contributed by atoms with Gasteiger partial charge in [0.25, 0.3) is 0 Å². The molecule has 1 unspecified atom stereocenters. The maximum Gasteiger partial charge on any atom is 0.321 e. The Kier molecular flexibility index (Phi) is 9.63. The molecule has 4 N–H and O–H groups in total. The molecule has 190 valence electrons. The highest BCUT2D eigenvalue weighted by Gasteiger charge is 2.19. The second-order valence-corrected chi connectivity index (χ2v) is 9.26. The van der Waals surface area contributed by atoms with Crippen molar-refractivity contribution in [1.82, 2.24) is 20.9 Å². The lowest BCUT2D eigenvalue weighted by atomic mass is 9.83. The molecule has 1 fully saturated rings. The van der Waals surface area contributed by atoms with E-state index in [4.69, 9.17) is 9.84 Å². The first-order valence-corrected chi connectivity index (χ1v) is 12.0. The lowest BCUT2D eigenvalue weighted by Gasteiger charge is -2.27. The Balaban J connectivity index is 1.60. The van der Waals surface area contributed by atoms with Gasteiger partial charge in [0.1, 0.15) is 17.7 Å². The van der Waals surface area contributed by atoms with Gasteiger partial charge in [-0.3, -0.25) is 15.1 Å². The van der Waals surface area contributed by atoms with E-state index in [1.54, 1.807) is 6.08 Å². The molecule has 1 heterocycles. The van der Waals surface area contributed by atoms with Crippen LogP contribution in [0.4, 0.5) is 9.18 Å². The van der Waals surface area contributed by atoms with Crippen LogP contribution in [0.15, 0.2) is 47.4 Å². The fraction of sp³-hybridized carbons (Fsp3) is 0.520. The third-order valence-corrected chi connectivity index (χ3v) is 6.17. The quantitative estimate of drug-likeness (QED) is 0.328. The summed E-state index contributed by atoms with van der Waals surface area (Å²) in [6, 6.07) is 0.752. The number of aromatic nitrogens is 1. The van der Waals surface area contributed by atoms with Gasteiger partial charge >= 0.3 is 12.0 Å². The van der Waals surface area contributed by atoms with Crippen LogP contribution in [0.1, 0.15) is 46.0 Å². The highest BCUT2D eigenvalue weighted by molar-refractivity contribution is 5.96. The molecule has 1 aromatic rings. The van der Waals surface area contributed by atoms with Gasteiger partial charge in [-0.2, -0.15) is 0 Å². The monoisotopic (exact) mass is 487 g/mol. The molecule has 3 rings (SSSR count). The van der Waals surface area contributed by atoms with Crippen LogP contribution in [-0.2, 0) is 4.79 Å². The van der Waals surface area contributed by atoms with Gasteiger partial charge in [0.2, 0.25) is 5.96 Å². The normalized spacial score (nSPS) is 23.1. The SMILES string of the molecule is C[C@@H](CNC(=O)N/C(=N\C1=CCC(Oc2cncc(F)c2)C=C1)NC[C@H]1CC[C@H](C)CC1)C(=O)O. The standard InChI is InChI=1S/C25H34FN5O4/c1-16-3-5-18(6-4-16)13-28-24(31-25(34)29-12-17(2)23(32)33)30-20-7-9-21(10-8-20)35-22-11-19(26)14-27-15-22/h7-9,11,14-18,21H,3-6,10,12-13H2,1-2H3,(H,32,33)(H3,28,29,30,31,34)/t16-,17-,18-,21?/m0/s1. The smallest absolute Gasteiger partial charge is 0.321 e. The van der Waals surface area contributed by atoms with Gasteiger partial charge in [0.05, 0.1) is 24.0 Å². The number of aliphatic imine (C=N–C) groups is 1. The van der Waals surface area contributed by atoms with Crippen LogP contribution < -0.4 is 20.7 Å². The first-order valence-electron chi connectivity index (χ1n) is 12.0. The Morgan fingerprint density at radius 2 is 2.03 bits per heavy atom. The van der Waals surface area contributed by atoms with Gasteiger partial charge in [-0.25, -0.2) is 14.2 Å². The molecule has 10 heteroatoms. The van der Waals surface area contributed by atoms with E-state index in [2.05, 4.69) is 32.9 Å². The van der Waals surface area contributed by atoms with Gasteiger partial charge in [-0.1, -0.05) is 32.8 Å². The Morgan fingerprint density at radius 3 is 2.69 bits per heavy atom. The summed E-state index contributed by atoms with van der Waals surface area (Å²) in [5.74, 6) is -0.253. The third kappa shape index (κ3) is 9.03. The van der Waals surface area contributed by atoms with Gasteiger partial charge in [0.15, 0.2) is 0 Å². The van der Waals surface area contributed by atoms with Crippen molar-refractivity contribution in [2.75, 3.05) is 13.1 Å². The number of carbonyl (C=O) groups excluding carboxylic acids is 1. The number of nitrogens with one attached hydrogen (secondary N) is 3. The average Bonchev–Trinajstić information content (AvgIpc) is 2.83. The molecule has 2 atom stereocenters. The van der Waals surface area contributed by atoms with Gasteiger partial charge in [-0.05, 0) is 36.8 Å². The number of hydrogen-bond acceptors (Lipinski definition) is 5. The second-order valence-electron chi connectivity index (χ2n) is 9.26. The molecule has 0 aromatic carbocycles. The highest BCUT2D eigenvalue weighted by Crippen LogP contribution is 2.27. The molecule has 0 aliphatic heterocycles. The first kappa shape index (κ1) is 26.2. The predicted molar refractivity (Wildman–Crippen MR) is 130 cm³/mol. The fourth-order valence-corrected chi connectivity index (χ4v) is 3.89. The van der Waals surface area contributed by atoms with Gasteiger partial charge in [-0.15, -0.1) is 0 Å². The zero-order chi connectivity index (χ0) is 25.2. The Labute approximate surface area is 205 Å². The minimum absolute atomic E-state index is 0.00547. The van der Waals surface area contributed by atoms with Crippen molar-refractivity contribution < 1.29 is 23.8 Å². The molecular formula is C25H34FN5O4. The number of guanidine groups is 1. The summed E-state index contributed by atoms with van der Waals surface area (Å²) < 4.78 is 19.1. The lowest BCUT2D eigenvalue weighted by Crippen LogP contribution is -2.48. The Hall–Kier alpha value is -3.43. The number of carboxylic acid groups (broad SMARTS) is 1. The van der Waals surface area contributed by atoms with Crippen molar-refractivity contribution >= 4 is 18.0 Å². The number of amides is 2. The van der Waals surface area contributed by atoms with Crippen LogP contribution in [0.25, 0.3) is 0 Å². The number of allylic oxidation sites excluding steroid dienone is 1. The number of rotatable bonds is 8. The molecule has 1 aromatic heterocycles. The maximum absolute atomic E-state index is 13.3. The molecular weight excluding hydrogens is 453 g/mol. The molecule has 2 amide bonds. The fourth-order valence-electron chi connectivity index (χ4n) is 3.89. The van der Waals surface area contributed by atoms with E-state index < -0.39 is 23.7 Å². The summed E-state index contributed by atoms with van der Waals surface area (Å²) in [6.45, 7) is 4.48. The molecule has 2 aliphatic rings. The van der Waals surface area contributed by atoms with Crippen molar-refractivity contribution in [1.29, 1.82) is 0 Å². The zero-order valence-corrected chi connectivity index (χ0v) is 20.2. The topological polar surface area (TPSA) is 125 Å². The van der Waals surface area contributed by atoms with Crippen molar-refractivity contribution in [3.63, 3.8) is 0 Å². The molecule has 35 heavy (non-hydrogen) atoms. The molecule has 0 saturated heterocycles. The number of pyridine rings is 1. The highest BCUT2D eigenvalue weighted by atomic mass is 19.1.